The molecule has 23 heavy (non-hydrogen) atoms. The Morgan fingerprint density at radius 2 is 2.09 bits per heavy atom. The summed E-state index contributed by atoms with van der Waals surface area (Å²) < 4.78 is 10.6. The zero-order valence-electron chi connectivity index (χ0n) is 12.7. The fourth-order valence-electron chi connectivity index (χ4n) is 1.87. The zero-order chi connectivity index (χ0) is 16.2. The molecule has 0 spiro atoms. The topological polar surface area (TPSA) is 77.2 Å². The zero-order valence-corrected chi connectivity index (χ0v) is 13.5. The van der Waals surface area contributed by atoms with E-state index in [1.807, 2.05) is 31.2 Å². The van der Waals surface area contributed by atoms with Crippen molar-refractivity contribution in [1.29, 1.82) is 0 Å². The van der Waals surface area contributed by atoms with Crippen LogP contribution in [0.2, 0.25) is 0 Å². The van der Waals surface area contributed by atoms with Crippen LogP contribution in [-0.2, 0) is 6.61 Å². The van der Waals surface area contributed by atoms with Gasteiger partial charge in [-0.1, -0.05) is 22.9 Å². The van der Waals surface area contributed by atoms with Crippen molar-refractivity contribution in [3.05, 3.63) is 57.7 Å². The largest absolute Gasteiger partial charge is 0.486 e. The fourth-order valence-corrected chi connectivity index (χ4v) is 2.55. The number of rotatable bonds is 5. The highest BCUT2D eigenvalue weighted by molar-refractivity contribution is 7.09. The molecule has 0 unspecified atom stereocenters. The van der Waals surface area contributed by atoms with Gasteiger partial charge in [-0.3, -0.25) is 4.79 Å². The highest BCUT2D eigenvalue weighted by Gasteiger charge is 2.13. The molecule has 3 aromatic rings. The van der Waals surface area contributed by atoms with E-state index in [4.69, 9.17) is 9.26 Å². The summed E-state index contributed by atoms with van der Waals surface area (Å²) in [6, 6.07) is 9.42. The molecule has 2 heterocycles. The van der Waals surface area contributed by atoms with E-state index in [1.54, 1.807) is 18.4 Å². The SMILES string of the molecule is Cc1ccc(OCc2nc(C(=O)Nc3cc(C)on3)cs2)cc1. The summed E-state index contributed by atoms with van der Waals surface area (Å²) in [5, 5.41) is 8.77. The van der Waals surface area contributed by atoms with Crippen LogP contribution in [0.1, 0.15) is 26.8 Å². The molecule has 6 nitrogen and oxygen atoms in total. The molecular formula is C16H15N3O3S. The average Bonchev–Trinajstić information content (AvgIpc) is 3.16. The third-order valence-electron chi connectivity index (χ3n) is 3.04. The molecule has 0 saturated carbocycles. The maximum Gasteiger partial charge on any atom is 0.276 e. The van der Waals surface area contributed by atoms with Crippen LogP contribution in [0.25, 0.3) is 0 Å². The summed E-state index contributed by atoms with van der Waals surface area (Å²) in [4.78, 5) is 16.3. The highest BCUT2D eigenvalue weighted by Crippen LogP contribution is 2.17. The van der Waals surface area contributed by atoms with Gasteiger partial charge in [-0.25, -0.2) is 4.98 Å². The lowest BCUT2D eigenvalue weighted by molar-refractivity contribution is 0.102. The molecule has 0 fully saturated rings. The molecule has 0 saturated heterocycles. The van der Waals surface area contributed by atoms with Crippen molar-refractivity contribution in [2.75, 3.05) is 5.32 Å². The maximum absolute atomic E-state index is 12.1. The van der Waals surface area contributed by atoms with Crippen LogP contribution in [-0.4, -0.2) is 16.0 Å². The molecule has 0 aliphatic rings. The second-order valence-corrected chi connectivity index (χ2v) is 5.95. The van der Waals surface area contributed by atoms with Gasteiger partial charge in [-0.05, 0) is 26.0 Å². The smallest absolute Gasteiger partial charge is 0.276 e. The number of nitrogens with one attached hydrogen (secondary N) is 1. The van der Waals surface area contributed by atoms with Gasteiger partial charge in [0.1, 0.15) is 28.8 Å². The lowest BCUT2D eigenvalue weighted by Gasteiger charge is -2.03. The van der Waals surface area contributed by atoms with Crippen molar-refractivity contribution in [2.45, 2.75) is 20.5 Å². The molecule has 2 aromatic heterocycles. The van der Waals surface area contributed by atoms with Crippen molar-refractivity contribution in [2.24, 2.45) is 0 Å². The Balaban J connectivity index is 1.59. The van der Waals surface area contributed by atoms with Crippen LogP contribution in [0, 0.1) is 13.8 Å². The first-order valence-electron chi connectivity index (χ1n) is 6.99. The van der Waals surface area contributed by atoms with Gasteiger partial charge in [-0.15, -0.1) is 11.3 Å². The molecule has 118 valence electrons. The van der Waals surface area contributed by atoms with E-state index < -0.39 is 0 Å². The second kappa shape index (κ2) is 6.62. The molecule has 7 heteroatoms. The molecule has 0 atom stereocenters. The number of carbonyl (C=O) groups excluding carboxylic acids is 1. The monoisotopic (exact) mass is 329 g/mol. The molecular weight excluding hydrogens is 314 g/mol. The molecule has 0 aliphatic carbocycles. The number of aromatic nitrogens is 2. The minimum atomic E-state index is -0.323. The van der Waals surface area contributed by atoms with Gasteiger partial charge in [0.05, 0.1) is 0 Å². The quantitative estimate of drug-likeness (QED) is 0.774. The van der Waals surface area contributed by atoms with Crippen LogP contribution in [0.5, 0.6) is 5.75 Å². The number of amides is 1. The van der Waals surface area contributed by atoms with Crippen LogP contribution in [0.4, 0.5) is 5.82 Å². The van der Waals surface area contributed by atoms with Crippen molar-refractivity contribution >= 4 is 23.1 Å². The minimum absolute atomic E-state index is 0.323. The van der Waals surface area contributed by atoms with Gasteiger partial charge in [0.15, 0.2) is 5.82 Å². The van der Waals surface area contributed by atoms with Gasteiger partial charge in [0.2, 0.25) is 0 Å². The van der Waals surface area contributed by atoms with E-state index >= 15 is 0 Å². The van der Waals surface area contributed by atoms with E-state index in [9.17, 15) is 4.79 Å². The van der Waals surface area contributed by atoms with Gasteiger partial charge in [0, 0.05) is 11.4 Å². The first-order valence-corrected chi connectivity index (χ1v) is 7.86. The van der Waals surface area contributed by atoms with E-state index in [2.05, 4.69) is 15.5 Å². The summed E-state index contributed by atoms with van der Waals surface area (Å²) in [6.07, 6.45) is 0. The number of thiazole rings is 1. The standard InChI is InChI=1S/C16H15N3O3S/c1-10-3-5-12(6-4-10)21-8-15-17-13(9-23-15)16(20)18-14-7-11(2)22-19-14/h3-7,9H,8H2,1-2H3,(H,18,19,20). The molecule has 1 amide bonds. The molecule has 3 rings (SSSR count). The van der Waals surface area contributed by atoms with E-state index in [0.717, 1.165) is 10.8 Å². The first kappa shape index (κ1) is 15.2. The minimum Gasteiger partial charge on any atom is -0.486 e. The van der Waals surface area contributed by atoms with Gasteiger partial charge < -0.3 is 14.6 Å². The molecule has 1 N–H and O–H groups in total. The lowest BCUT2D eigenvalue weighted by Crippen LogP contribution is -2.12. The number of hydrogen-bond donors (Lipinski definition) is 1. The van der Waals surface area contributed by atoms with Crippen molar-refractivity contribution < 1.29 is 14.1 Å². The third kappa shape index (κ3) is 3.95. The number of benzene rings is 1. The number of nitrogens with zero attached hydrogens (tertiary/aromatic N) is 2. The predicted octanol–water partition coefficient (Wildman–Crippen LogP) is 3.58. The summed E-state index contributed by atoms with van der Waals surface area (Å²) in [7, 11) is 0. The summed E-state index contributed by atoms with van der Waals surface area (Å²) in [5.41, 5.74) is 1.51. The van der Waals surface area contributed by atoms with E-state index in [1.165, 1.54) is 16.9 Å². The summed E-state index contributed by atoms with van der Waals surface area (Å²) in [6.45, 7) is 4.10. The average molecular weight is 329 g/mol. The third-order valence-corrected chi connectivity index (χ3v) is 3.86. The fraction of sp³-hybridized carbons (Fsp3) is 0.188. The Kier molecular flexibility index (Phi) is 4.38. The predicted molar refractivity (Wildman–Crippen MR) is 86.8 cm³/mol. The Hall–Kier alpha value is -2.67. The van der Waals surface area contributed by atoms with Gasteiger partial charge in [0.25, 0.3) is 5.91 Å². The number of anilines is 1. The highest BCUT2D eigenvalue weighted by atomic mass is 32.1. The summed E-state index contributed by atoms with van der Waals surface area (Å²) in [5.74, 6) is 1.45. The van der Waals surface area contributed by atoms with E-state index in [0.29, 0.717) is 23.9 Å². The molecule has 1 aromatic carbocycles. The molecule has 0 radical (unpaired) electrons. The Bertz CT molecular complexity index is 808. The van der Waals surface area contributed by atoms with Crippen molar-refractivity contribution in [1.82, 2.24) is 10.1 Å². The number of aryl methyl sites for hydroxylation is 2. The summed E-state index contributed by atoms with van der Waals surface area (Å²) >= 11 is 1.38. The van der Waals surface area contributed by atoms with Crippen LogP contribution >= 0.6 is 11.3 Å². The number of hydrogen-bond acceptors (Lipinski definition) is 6. The Morgan fingerprint density at radius 1 is 1.30 bits per heavy atom. The van der Waals surface area contributed by atoms with Crippen molar-refractivity contribution in [3.8, 4) is 5.75 Å². The van der Waals surface area contributed by atoms with Crippen LogP contribution in [0.3, 0.4) is 0 Å². The lowest BCUT2D eigenvalue weighted by atomic mass is 10.2. The van der Waals surface area contributed by atoms with Gasteiger partial charge >= 0.3 is 0 Å². The first-order chi connectivity index (χ1) is 11.1. The van der Waals surface area contributed by atoms with E-state index in [-0.39, 0.29) is 5.91 Å². The number of carbonyl (C=O) groups is 1. The van der Waals surface area contributed by atoms with Crippen LogP contribution < -0.4 is 10.1 Å². The van der Waals surface area contributed by atoms with Crippen molar-refractivity contribution in [3.63, 3.8) is 0 Å². The molecule has 0 bridgehead atoms. The second-order valence-electron chi connectivity index (χ2n) is 5.01. The molecule has 0 aliphatic heterocycles. The van der Waals surface area contributed by atoms with Crippen LogP contribution in [0.15, 0.2) is 40.2 Å². The maximum atomic E-state index is 12.1. The normalized spacial score (nSPS) is 10.5. The van der Waals surface area contributed by atoms with Gasteiger partial charge in [-0.2, -0.15) is 0 Å². The Morgan fingerprint density at radius 3 is 2.78 bits per heavy atom. The Labute approximate surface area is 137 Å². The number of ether oxygens (including phenoxy) is 1.